The van der Waals surface area contributed by atoms with Gasteiger partial charge in [0.15, 0.2) is 0 Å². The highest BCUT2D eigenvalue weighted by Gasteiger charge is 2.29. The lowest BCUT2D eigenvalue weighted by Gasteiger charge is -2.29. The summed E-state index contributed by atoms with van der Waals surface area (Å²) in [6, 6.07) is 20.5. The highest BCUT2D eigenvalue weighted by Crippen LogP contribution is 2.26. The van der Waals surface area contributed by atoms with Crippen molar-refractivity contribution < 1.29 is 9.53 Å². The number of hydrogen-bond donors (Lipinski definition) is 0. The van der Waals surface area contributed by atoms with Gasteiger partial charge in [-0.1, -0.05) is 74.0 Å². The molecule has 0 aliphatic carbocycles. The first-order valence-electron chi connectivity index (χ1n) is 8.96. The number of carbonyl (C=O) groups excluding carboxylic acids is 1. The molecule has 26 heavy (non-hydrogen) atoms. The maximum absolute atomic E-state index is 11.5. The van der Waals surface area contributed by atoms with Gasteiger partial charge < -0.3 is 9.53 Å². The van der Waals surface area contributed by atoms with Crippen LogP contribution < -0.4 is 0 Å². The number of rotatable bonds is 10. The predicted octanol–water partition coefficient (Wildman–Crippen LogP) is 5.93. The summed E-state index contributed by atoms with van der Waals surface area (Å²) in [6.07, 6.45) is 3.80. The van der Waals surface area contributed by atoms with E-state index in [0.29, 0.717) is 6.61 Å². The number of hydrogen-bond acceptors (Lipinski definition) is 3. The smallest absolute Gasteiger partial charge is 0.128 e. The van der Waals surface area contributed by atoms with Gasteiger partial charge in [-0.25, -0.2) is 0 Å². The zero-order chi connectivity index (χ0) is 18.8. The molecule has 1 atom stereocenters. The van der Waals surface area contributed by atoms with Gasteiger partial charge in [-0.15, -0.1) is 11.8 Å². The standard InChI is InChI=1S/C23H28O2S/c1-19(17-26-21-12-8-5-9-13-21)14-15-22(23(2,3)18-24)25-16-20-10-6-4-7-11-20/h4-14,18,22H,15-17H2,1-3H3/b19-14+/t22-/m0/s1. The summed E-state index contributed by atoms with van der Waals surface area (Å²) in [5.74, 6) is 0.941. The van der Waals surface area contributed by atoms with Crippen LogP contribution in [0.15, 0.2) is 77.2 Å². The Hall–Kier alpha value is -1.84. The van der Waals surface area contributed by atoms with Crippen LogP contribution in [-0.4, -0.2) is 18.1 Å². The molecule has 2 aromatic carbocycles. The molecule has 0 fully saturated rings. The monoisotopic (exact) mass is 368 g/mol. The van der Waals surface area contributed by atoms with Crippen LogP contribution in [0.4, 0.5) is 0 Å². The number of ether oxygens (including phenoxy) is 1. The van der Waals surface area contributed by atoms with E-state index in [-0.39, 0.29) is 6.10 Å². The molecule has 0 unspecified atom stereocenters. The van der Waals surface area contributed by atoms with Gasteiger partial charge in [0.25, 0.3) is 0 Å². The molecule has 2 nitrogen and oxygen atoms in total. The van der Waals surface area contributed by atoms with Crippen molar-refractivity contribution in [2.45, 2.75) is 44.8 Å². The van der Waals surface area contributed by atoms with Gasteiger partial charge in [0.05, 0.1) is 12.7 Å². The van der Waals surface area contributed by atoms with Gasteiger partial charge in [0.1, 0.15) is 6.29 Å². The topological polar surface area (TPSA) is 26.3 Å². The Kier molecular flexibility index (Phi) is 8.14. The van der Waals surface area contributed by atoms with Crippen LogP contribution in [0.5, 0.6) is 0 Å². The minimum absolute atomic E-state index is 0.142. The minimum atomic E-state index is -0.516. The van der Waals surface area contributed by atoms with Crippen molar-refractivity contribution in [3.05, 3.63) is 77.9 Å². The number of carbonyl (C=O) groups is 1. The molecule has 0 N–H and O–H groups in total. The molecule has 0 amide bonds. The van der Waals surface area contributed by atoms with E-state index in [4.69, 9.17) is 4.74 Å². The summed E-state index contributed by atoms with van der Waals surface area (Å²) >= 11 is 1.83. The van der Waals surface area contributed by atoms with Crippen LogP contribution >= 0.6 is 11.8 Å². The fourth-order valence-corrected chi connectivity index (χ4v) is 3.38. The van der Waals surface area contributed by atoms with Crippen molar-refractivity contribution in [2.24, 2.45) is 5.41 Å². The summed E-state index contributed by atoms with van der Waals surface area (Å²) in [5, 5.41) is 0. The minimum Gasteiger partial charge on any atom is -0.372 e. The first kappa shape index (κ1) is 20.5. The average Bonchev–Trinajstić information content (AvgIpc) is 2.67. The molecule has 0 radical (unpaired) electrons. The second-order valence-corrected chi connectivity index (χ2v) is 8.16. The summed E-state index contributed by atoms with van der Waals surface area (Å²) in [4.78, 5) is 12.8. The quantitative estimate of drug-likeness (QED) is 0.295. The number of thioether (sulfide) groups is 1. The van der Waals surface area contributed by atoms with Gasteiger partial charge in [0, 0.05) is 16.1 Å². The van der Waals surface area contributed by atoms with Crippen LogP contribution in [0.1, 0.15) is 32.8 Å². The van der Waals surface area contributed by atoms with Crippen LogP contribution in [0.3, 0.4) is 0 Å². The van der Waals surface area contributed by atoms with Crippen LogP contribution in [0, 0.1) is 5.41 Å². The highest BCUT2D eigenvalue weighted by atomic mass is 32.2. The highest BCUT2D eigenvalue weighted by molar-refractivity contribution is 7.99. The summed E-state index contributed by atoms with van der Waals surface area (Å²) in [7, 11) is 0. The molecule has 0 saturated heterocycles. The summed E-state index contributed by atoms with van der Waals surface area (Å²) in [6.45, 7) is 6.54. The Morgan fingerprint density at radius 2 is 1.69 bits per heavy atom. The third-order valence-corrected chi connectivity index (χ3v) is 5.52. The number of aldehydes is 1. The molecule has 138 valence electrons. The van der Waals surface area contributed by atoms with Crippen molar-refractivity contribution in [3.63, 3.8) is 0 Å². The third kappa shape index (κ3) is 6.81. The van der Waals surface area contributed by atoms with Crippen molar-refractivity contribution in [1.29, 1.82) is 0 Å². The molecule has 0 saturated carbocycles. The van der Waals surface area contributed by atoms with Gasteiger partial charge in [-0.05, 0) is 31.0 Å². The normalized spacial score (nSPS) is 13.4. The first-order chi connectivity index (χ1) is 12.5. The summed E-state index contributed by atoms with van der Waals surface area (Å²) in [5.41, 5.74) is 1.91. The van der Waals surface area contributed by atoms with Gasteiger partial charge in [-0.3, -0.25) is 0 Å². The maximum atomic E-state index is 11.5. The number of benzene rings is 2. The lowest BCUT2D eigenvalue weighted by Crippen LogP contribution is -2.33. The molecule has 0 spiro atoms. The first-order valence-corrected chi connectivity index (χ1v) is 9.95. The Labute approximate surface area is 161 Å². The third-order valence-electron chi connectivity index (χ3n) is 4.32. The largest absolute Gasteiger partial charge is 0.372 e. The van der Waals surface area contributed by atoms with Crippen LogP contribution in [0.2, 0.25) is 0 Å². The molecule has 2 rings (SSSR count). The molecular formula is C23H28O2S. The zero-order valence-electron chi connectivity index (χ0n) is 15.9. The fraction of sp³-hybridized carbons (Fsp3) is 0.348. The van der Waals surface area contributed by atoms with Gasteiger partial charge in [-0.2, -0.15) is 0 Å². The lowest BCUT2D eigenvalue weighted by molar-refractivity contribution is -0.124. The molecule has 0 aromatic heterocycles. The van der Waals surface area contributed by atoms with E-state index in [1.165, 1.54) is 10.5 Å². The molecule has 3 heteroatoms. The van der Waals surface area contributed by atoms with E-state index in [1.807, 2.05) is 62.0 Å². The van der Waals surface area contributed by atoms with Crippen molar-refractivity contribution in [1.82, 2.24) is 0 Å². The van der Waals surface area contributed by atoms with Gasteiger partial charge in [0.2, 0.25) is 0 Å². The van der Waals surface area contributed by atoms with Crippen molar-refractivity contribution in [3.8, 4) is 0 Å². The average molecular weight is 369 g/mol. The van der Waals surface area contributed by atoms with E-state index < -0.39 is 5.41 Å². The maximum Gasteiger partial charge on any atom is 0.128 e. The predicted molar refractivity (Wildman–Crippen MR) is 110 cm³/mol. The van der Waals surface area contributed by atoms with E-state index in [0.717, 1.165) is 24.0 Å². The Bertz CT molecular complexity index is 693. The van der Waals surface area contributed by atoms with Gasteiger partial charge >= 0.3 is 0 Å². The SMILES string of the molecule is C/C(=C\C[C@H](OCc1ccccc1)C(C)(C)C=O)CSc1ccccc1. The lowest BCUT2D eigenvalue weighted by atomic mass is 9.86. The van der Waals surface area contributed by atoms with E-state index in [1.54, 1.807) is 0 Å². The van der Waals surface area contributed by atoms with E-state index in [9.17, 15) is 4.79 Å². The van der Waals surface area contributed by atoms with Crippen LogP contribution in [0.25, 0.3) is 0 Å². The zero-order valence-corrected chi connectivity index (χ0v) is 16.7. The second kappa shape index (κ2) is 10.3. The second-order valence-electron chi connectivity index (χ2n) is 7.11. The van der Waals surface area contributed by atoms with Crippen molar-refractivity contribution in [2.75, 3.05) is 5.75 Å². The Morgan fingerprint density at radius 3 is 2.31 bits per heavy atom. The molecule has 0 aliphatic rings. The molecular weight excluding hydrogens is 340 g/mol. The summed E-state index contributed by atoms with van der Waals surface area (Å²) < 4.78 is 6.11. The molecule has 0 heterocycles. The van der Waals surface area contributed by atoms with Crippen LogP contribution in [-0.2, 0) is 16.1 Å². The fourth-order valence-electron chi connectivity index (χ4n) is 2.51. The molecule has 2 aromatic rings. The molecule has 0 aliphatic heterocycles. The molecule has 0 bridgehead atoms. The van der Waals surface area contributed by atoms with E-state index >= 15 is 0 Å². The van der Waals surface area contributed by atoms with Crippen molar-refractivity contribution >= 4 is 18.0 Å². The Morgan fingerprint density at radius 1 is 1.08 bits per heavy atom. The Balaban J connectivity index is 1.93. The van der Waals surface area contributed by atoms with E-state index in [2.05, 4.69) is 37.3 Å².